The van der Waals surface area contributed by atoms with Crippen molar-refractivity contribution in [2.75, 3.05) is 26.2 Å². The van der Waals surface area contributed by atoms with Gasteiger partial charge in [0.2, 0.25) is 11.8 Å². The molecule has 5 heteroatoms. The number of hydrogen-bond acceptors (Lipinski definition) is 3. The minimum absolute atomic E-state index is 0.163. The third kappa shape index (κ3) is 2.04. The highest BCUT2D eigenvalue weighted by Crippen LogP contribution is 2.30. The summed E-state index contributed by atoms with van der Waals surface area (Å²) in [4.78, 5) is 24.9. The van der Waals surface area contributed by atoms with Crippen LogP contribution in [0, 0.1) is 11.3 Å². The minimum Gasteiger partial charge on any atom is -0.369 e. The lowest BCUT2D eigenvalue weighted by atomic mass is 9.89. The van der Waals surface area contributed by atoms with Gasteiger partial charge >= 0.3 is 0 Å². The van der Waals surface area contributed by atoms with Crippen LogP contribution < -0.4 is 11.1 Å². The Hall–Kier alpha value is -1.10. The Morgan fingerprint density at radius 2 is 2.19 bits per heavy atom. The van der Waals surface area contributed by atoms with Gasteiger partial charge in [0.15, 0.2) is 0 Å². The predicted molar refractivity (Wildman–Crippen MR) is 59.5 cm³/mol. The topological polar surface area (TPSA) is 75.4 Å². The fourth-order valence-electron chi connectivity index (χ4n) is 2.24. The van der Waals surface area contributed by atoms with Gasteiger partial charge in [0.25, 0.3) is 0 Å². The molecule has 2 saturated heterocycles. The lowest BCUT2D eigenvalue weighted by Gasteiger charge is -2.28. The van der Waals surface area contributed by atoms with Crippen LogP contribution in [-0.4, -0.2) is 42.9 Å². The van der Waals surface area contributed by atoms with Gasteiger partial charge in [-0.1, -0.05) is 0 Å². The maximum Gasteiger partial charge on any atom is 0.225 e. The monoisotopic (exact) mass is 225 g/mol. The molecule has 2 rings (SSSR count). The number of carbonyl (C=O) groups is 2. The highest BCUT2D eigenvalue weighted by atomic mass is 16.2. The summed E-state index contributed by atoms with van der Waals surface area (Å²) in [6.07, 6.45) is 1.29. The van der Waals surface area contributed by atoms with Crippen LogP contribution in [0.3, 0.4) is 0 Å². The van der Waals surface area contributed by atoms with Crippen molar-refractivity contribution in [1.82, 2.24) is 10.2 Å². The average molecular weight is 225 g/mol. The third-order valence-corrected chi connectivity index (χ3v) is 3.75. The normalized spacial score (nSPS) is 30.2. The quantitative estimate of drug-likeness (QED) is 0.668. The Morgan fingerprint density at radius 1 is 1.50 bits per heavy atom. The van der Waals surface area contributed by atoms with Gasteiger partial charge in [-0.25, -0.2) is 0 Å². The number of primary amides is 1. The second-order valence-electron chi connectivity index (χ2n) is 5.22. The Labute approximate surface area is 95.3 Å². The Kier molecular flexibility index (Phi) is 2.88. The molecule has 2 amide bonds. The molecule has 0 aliphatic carbocycles. The summed E-state index contributed by atoms with van der Waals surface area (Å²) < 4.78 is 0. The van der Waals surface area contributed by atoms with Crippen molar-refractivity contribution in [2.45, 2.75) is 19.8 Å². The van der Waals surface area contributed by atoms with Crippen LogP contribution in [0.25, 0.3) is 0 Å². The van der Waals surface area contributed by atoms with E-state index in [0.717, 1.165) is 13.1 Å². The number of hydrogen-bond donors (Lipinski definition) is 2. The van der Waals surface area contributed by atoms with Crippen LogP contribution in [0.15, 0.2) is 0 Å². The van der Waals surface area contributed by atoms with Gasteiger partial charge in [-0.05, 0) is 32.4 Å². The fourth-order valence-corrected chi connectivity index (χ4v) is 2.24. The molecule has 1 unspecified atom stereocenters. The first-order valence-corrected chi connectivity index (χ1v) is 5.80. The lowest BCUT2D eigenvalue weighted by molar-refractivity contribution is -0.132. The number of likely N-dealkylation sites (tertiary alicyclic amines) is 1. The smallest absolute Gasteiger partial charge is 0.225 e. The molecular formula is C11H19N3O2. The largest absolute Gasteiger partial charge is 0.369 e. The maximum atomic E-state index is 11.9. The highest BCUT2D eigenvalue weighted by Gasteiger charge is 2.40. The number of nitrogens with zero attached hydrogens (tertiary/aromatic N) is 1. The van der Waals surface area contributed by atoms with Crippen LogP contribution >= 0.6 is 0 Å². The summed E-state index contributed by atoms with van der Waals surface area (Å²) in [6.45, 7) is 4.87. The van der Waals surface area contributed by atoms with E-state index in [9.17, 15) is 9.59 Å². The molecule has 0 saturated carbocycles. The Morgan fingerprint density at radius 3 is 2.62 bits per heavy atom. The Bertz CT molecular complexity index is 314. The van der Waals surface area contributed by atoms with E-state index in [1.54, 1.807) is 4.90 Å². The molecule has 2 aliphatic heterocycles. The van der Waals surface area contributed by atoms with Crippen LogP contribution in [0.4, 0.5) is 0 Å². The van der Waals surface area contributed by atoms with E-state index in [1.807, 2.05) is 6.92 Å². The van der Waals surface area contributed by atoms with Gasteiger partial charge in [0.05, 0.1) is 5.41 Å². The van der Waals surface area contributed by atoms with Crippen molar-refractivity contribution in [3.05, 3.63) is 0 Å². The van der Waals surface area contributed by atoms with E-state index >= 15 is 0 Å². The molecule has 0 radical (unpaired) electrons. The van der Waals surface area contributed by atoms with E-state index in [1.165, 1.54) is 0 Å². The summed E-state index contributed by atoms with van der Waals surface area (Å²) in [6, 6.07) is 0. The van der Waals surface area contributed by atoms with Gasteiger partial charge in [0.1, 0.15) is 0 Å². The lowest BCUT2D eigenvalue weighted by Crippen LogP contribution is -2.45. The molecule has 16 heavy (non-hydrogen) atoms. The summed E-state index contributed by atoms with van der Waals surface area (Å²) in [7, 11) is 0. The first-order chi connectivity index (χ1) is 7.51. The molecule has 0 aromatic carbocycles. The standard InChI is InChI=1S/C11H19N3O2/c1-11(10(12)16)2-3-14(7-11)9(15)4-8-5-13-6-8/h8,13H,2-7H2,1H3,(H2,12,16). The average Bonchev–Trinajstić information content (AvgIpc) is 2.56. The molecule has 0 spiro atoms. The maximum absolute atomic E-state index is 11.9. The zero-order valence-electron chi connectivity index (χ0n) is 9.66. The van der Waals surface area contributed by atoms with Crippen molar-refractivity contribution >= 4 is 11.8 Å². The van der Waals surface area contributed by atoms with Crippen molar-refractivity contribution in [2.24, 2.45) is 17.1 Å². The minimum atomic E-state index is -0.520. The molecule has 90 valence electrons. The molecule has 3 N–H and O–H groups in total. The van der Waals surface area contributed by atoms with E-state index < -0.39 is 5.41 Å². The zero-order valence-corrected chi connectivity index (χ0v) is 9.66. The fraction of sp³-hybridized carbons (Fsp3) is 0.818. The zero-order chi connectivity index (χ0) is 11.8. The number of nitrogens with one attached hydrogen (secondary N) is 1. The molecule has 0 aromatic rings. The molecule has 5 nitrogen and oxygen atoms in total. The third-order valence-electron chi connectivity index (χ3n) is 3.75. The molecule has 0 bridgehead atoms. The molecule has 2 heterocycles. The number of rotatable bonds is 3. The van der Waals surface area contributed by atoms with Gasteiger partial charge in [-0.15, -0.1) is 0 Å². The van der Waals surface area contributed by atoms with E-state index in [2.05, 4.69) is 5.32 Å². The predicted octanol–water partition coefficient (Wildman–Crippen LogP) is -0.680. The summed E-state index contributed by atoms with van der Waals surface area (Å²) in [5.41, 5.74) is 4.83. The van der Waals surface area contributed by atoms with Gasteiger partial charge in [-0.3, -0.25) is 9.59 Å². The van der Waals surface area contributed by atoms with Crippen LogP contribution in [-0.2, 0) is 9.59 Å². The second-order valence-corrected chi connectivity index (χ2v) is 5.22. The van der Waals surface area contributed by atoms with Gasteiger partial charge in [-0.2, -0.15) is 0 Å². The SMILES string of the molecule is CC1(C(N)=O)CCN(C(=O)CC2CNC2)C1. The van der Waals surface area contributed by atoms with Gasteiger partial charge < -0.3 is 16.0 Å². The van der Waals surface area contributed by atoms with Crippen LogP contribution in [0.1, 0.15) is 19.8 Å². The van der Waals surface area contributed by atoms with Crippen molar-refractivity contribution in [3.8, 4) is 0 Å². The molecule has 2 aliphatic rings. The van der Waals surface area contributed by atoms with Crippen LogP contribution in [0.2, 0.25) is 0 Å². The Balaban J connectivity index is 1.87. The summed E-state index contributed by atoms with van der Waals surface area (Å²) >= 11 is 0. The van der Waals surface area contributed by atoms with E-state index in [0.29, 0.717) is 31.8 Å². The highest BCUT2D eigenvalue weighted by molar-refractivity contribution is 5.83. The van der Waals surface area contributed by atoms with E-state index in [4.69, 9.17) is 5.73 Å². The summed E-state index contributed by atoms with van der Waals surface area (Å²) in [5.74, 6) is 0.345. The number of amides is 2. The van der Waals surface area contributed by atoms with Gasteiger partial charge in [0, 0.05) is 19.5 Å². The summed E-state index contributed by atoms with van der Waals surface area (Å²) in [5, 5.41) is 3.15. The number of carbonyl (C=O) groups excluding carboxylic acids is 2. The molecule has 0 aromatic heterocycles. The molecule has 2 fully saturated rings. The second kappa shape index (κ2) is 4.05. The molecular weight excluding hydrogens is 206 g/mol. The van der Waals surface area contributed by atoms with E-state index in [-0.39, 0.29) is 11.8 Å². The molecule has 1 atom stereocenters. The van der Waals surface area contributed by atoms with Crippen molar-refractivity contribution < 1.29 is 9.59 Å². The van der Waals surface area contributed by atoms with Crippen molar-refractivity contribution in [3.63, 3.8) is 0 Å². The first kappa shape index (κ1) is 11.4. The van der Waals surface area contributed by atoms with Crippen LogP contribution in [0.5, 0.6) is 0 Å². The number of nitrogens with two attached hydrogens (primary N) is 1. The van der Waals surface area contributed by atoms with Crippen molar-refractivity contribution in [1.29, 1.82) is 0 Å². The first-order valence-electron chi connectivity index (χ1n) is 5.80.